The molecule has 0 spiro atoms. The molecule has 0 aliphatic rings. The minimum absolute atomic E-state index is 0.154. The molecular weight excluding hydrogens is 447 g/mol. The molecule has 0 unspecified atom stereocenters. The van der Waals surface area contributed by atoms with Gasteiger partial charge in [0.25, 0.3) is 5.91 Å². The van der Waals surface area contributed by atoms with Crippen LogP contribution in [0.5, 0.6) is 5.75 Å². The first-order chi connectivity index (χ1) is 14.8. The van der Waals surface area contributed by atoms with Crippen LogP contribution < -0.4 is 15.4 Å². The van der Waals surface area contributed by atoms with Crippen molar-refractivity contribution in [3.63, 3.8) is 0 Å². The Morgan fingerprint density at radius 1 is 1.16 bits per heavy atom. The number of benzene rings is 1. The number of aromatic nitrogens is 4. The van der Waals surface area contributed by atoms with E-state index in [1.165, 1.54) is 10.9 Å². The van der Waals surface area contributed by atoms with Gasteiger partial charge in [-0.05, 0) is 37.1 Å². The van der Waals surface area contributed by atoms with E-state index in [0.717, 1.165) is 11.1 Å². The molecule has 2 N–H and O–H groups in total. The van der Waals surface area contributed by atoms with Crippen LogP contribution in [-0.2, 0) is 11.3 Å². The summed E-state index contributed by atoms with van der Waals surface area (Å²) in [6.45, 7) is 4.18. The average molecular weight is 467 g/mol. The number of ether oxygens (including phenoxy) is 1. The van der Waals surface area contributed by atoms with E-state index in [-0.39, 0.29) is 43.9 Å². The average Bonchev–Trinajstić information content (AvgIpc) is 3.36. The minimum Gasteiger partial charge on any atom is -0.484 e. The van der Waals surface area contributed by atoms with Crippen LogP contribution in [0, 0.1) is 13.8 Å². The maximum atomic E-state index is 12.1. The number of halogens is 2. The van der Waals surface area contributed by atoms with Crippen LogP contribution >= 0.6 is 23.2 Å². The zero-order valence-corrected chi connectivity index (χ0v) is 18.3. The zero-order valence-electron chi connectivity index (χ0n) is 16.8. The third-order valence-corrected chi connectivity index (χ3v) is 4.87. The lowest BCUT2D eigenvalue weighted by Crippen LogP contribution is -2.36. The van der Waals surface area contributed by atoms with Gasteiger partial charge in [-0.3, -0.25) is 14.3 Å². The molecule has 31 heavy (non-hydrogen) atoms. The van der Waals surface area contributed by atoms with Gasteiger partial charge in [0.1, 0.15) is 12.3 Å². The highest BCUT2D eigenvalue weighted by Gasteiger charge is 2.15. The van der Waals surface area contributed by atoms with Crippen LogP contribution in [0.15, 0.2) is 29.0 Å². The summed E-state index contributed by atoms with van der Waals surface area (Å²) in [5.41, 5.74) is 1.75. The van der Waals surface area contributed by atoms with Crippen LogP contribution in [0.25, 0.3) is 0 Å². The van der Waals surface area contributed by atoms with Crippen molar-refractivity contribution in [2.75, 3.05) is 19.7 Å². The van der Waals surface area contributed by atoms with Crippen molar-refractivity contribution in [2.24, 2.45) is 0 Å². The summed E-state index contributed by atoms with van der Waals surface area (Å²) >= 11 is 11.9. The van der Waals surface area contributed by atoms with Gasteiger partial charge in [0.2, 0.25) is 0 Å². The van der Waals surface area contributed by atoms with Gasteiger partial charge in [0.15, 0.2) is 12.4 Å². The van der Waals surface area contributed by atoms with Crippen molar-refractivity contribution in [1.82, 2.24) is 30.6 Å². The standard InChI is InChI=1S/C19H20Cl2N6O4/c1-11-5-14(6-12(2)17(11)21)30-10-16(28)22-3-4-23-18(29)19-25-15(26-31-19)9-27-8-13(20)7-24-27/h5-8H,3-4,9-10H2,1-2H3,(H,22,28)(H,23,29). The fourth-order valence-electron chi connectivity index (χ4n) is 2.62. The van der Waals surface area contributed by atoms with E-state index in [1.54, 1.807) is 18.3 Å². The fourth-order valence-corrected chi connectivity index (χ4v) is 2.89. The number of hydrogen-bond donors (Lipinski definition) is 2. The van der Waals surface area contributed by atoms with Crippen LogP contribution in [0.3, 0.4) is 0 Å². The van der Waals surface area contributed by atoms with Crippen molar-refractivity contribution < 1.29 is 18.8 Å². The molecule has 10 nitrogen and oxygen atoms in total. The van der Waals surface area contributed by atoms with Gasteiger partial charge in [-0.15, -0.1) is 0 Å². The van der Waals surface area contributed by atoms with Gasteiger partial charge in [-0.1, -0.05) is 28.4 Å². The molecule has 0 radical (unpaired) electrons. The molecule has 2 aromatic heterocycles. The largest absolute Gasteiger partial charge is 0.484 e. The molecule has 0 atom stereocenters. The number of aryl methyl sites for hydroxylation is 2. The molecule has 3 rings (SSSR count). The van der Waals surface area contributed by atoms with Gasteiger partial charge in [-0.2, -0.15) is 10.1 Å². The lowest BCUT2D eigenvalue weighted by Gasteiger charge is -2.10. The molecule has 12 heteroatoms. The van der Waals surface area contributed by atoms with Crippen LogP contribution in [-0.4, -0.2) is 51.4 Å². The van der Waals surface area contributed by atoms with Crippen molar-refractivity contribution in [2.45, 2.75) is 20.4 Å². The fraction of sp³-hybridized carbons (Fsp3) is 0.316. The molecule has 2 heterocycles. The molecule has 0 aliphatic heterocycles. The Morgan fingerprint density at radius 2 is 1.87 bits per heavy atom. The van der Waals surface area contributed by atoms with E-state index >= 15 is 0 Å². The minimum atomic E-state index is -0.546. The predicted octanol–water partition coefficient (Wildman–Crippen LogP) is 2.16. The monoisotopic (exact) mass is 466 g/mol. The first kappa shape index (κ1) is 22.6. The molecule has 1 aromatic carbocycles. The number of amides is 2. The molecule has 0 saturated heterocycles. The second-order valence-corrected chi connectivity index (χ2v) is 7.45. The summed E-state index contributed by atoms with van der Waals surface area (Å²) in [5.74, 6) is -0.209. The topological polar surface area (TPSA) is 124 Å². The zero-order chi connectivity index (χ0) is 22.4. The van der Waals surface area contributed by atoms with Gasteiger partial charge in [-0.25, -0.2) is 0 Å². The SMILES string of the molecule is Cc1cc(OCC(=O)NCCNC(=O)c2nc(Cn3cc(Cl)cn3)no2)cc(C)c1Cl. The number of carbonyl (C=O) groups excluding carboxylic acids is 2. The second-order valence-electron chi connectivity index (χ2n) is 6.64. The summed E-state index contributed by atoms with van der Waals surface area (Å²) in [5, 5.41) is 14.1. The van der Waals surface area contributed by atoms with E-state index in [9.17, 15) is 9.59 Å². The first-order valence-electron chi connectivity index (χ1n) is 9.27. The highest BCUT2D eigenvalue weighted by Crippen LogP contribution is 2.25. The second kappa shape index (κ2) is 10.3. The number of nitrogens with one attached hydrogen (secondary N) is 2. The first-order valence-corrected chi connectivity index (χ1v) is 10.0. The van der Waals surface area contributed by atoms with Crippen molar-refractivity contribution in [3.05, 3.63) is 57.4 Å². The maximum Gasteiger partial charge on any atom is 0.316 e. The van der Waals surface area contributed by atoms with Crippen molar-refractivity contribution in [3.8, 4) is 5.75 Å². The van der Waals surface area contributed by atoms with Crippen LogP contribution in [0.1, 0.15) is 27.6 Å². The van der Waals surface area contributed by atoms with Gasteiger partial charge >= 0.3 is 11.8 Å². The normalized spacial score (nSPS) is 10.7. The molecule has 0 saturated carbocycles. The van der Waals surface area contributed by atoms with Crippen molar-refractivity contribution in [1.29, 1.82) is 0 Å². The highest BCUT2D eigenvalue weighted by atomic mass is 35.5. The van der Waals surface area contributed by atoms with E-state index in [2.05, 4.69) is 25.9 Å². The summed E-state index contributed by atoms with van der Waals surface area (Å²) in [6.07, 6.45) is 3.07. The number of nitrogens with zero attached hydrogens (tertiary/aromatic N) is 4. The predicted molar refractivity (Wildman–Crippen MR) is 112 cm³/mol. The lowest BCUT2D eigenvalue weighted by atomic mass is 10.1. The summed E-state index contributed by atoms with van der Waals surface area (Å²) in [4.78, 5) is 28.0. The molecule has 0 aliphatic carbocycles. The summed E-state index contributed by atoms with van der Waals surface area (Å²) in [6, 6.07) is 3.53. The molecule has 0 bridgehead atoms. The smallest absolute Gasteiger partial charge is 0.316 e. The third kappa shape index (κ3) is 6.43. The molecule has 2 amide bonds. The Labute approximate surface area is 187 Å². The van der Waals surface area contributed by atoms with Gasteiger partial charge < -0.3 is 19.9 Å². The quantitative estimate of drug-likeness (QED) is 0.462. The number of hydrogen-bond acceptors (Lipinski definition) is 7. The van der Waals surface area contributed by atoms with Gasteiger partial charge in [0, 0.05) is 24.3 Å². The summed E-state index contributed by atoms with van der Waals surface area (Å²) < 4.78 is 11.9. The Bertz CT molecular complexity index is 1060. The Balaban J connectivity index is 1.36. The van der Waals surface area contributed by atoms with E-state index < -0.39 is 5.91 Å². The third-order valence-electron chi connectivity index (χ3n) is 4.08. The van der Waals surface area contributed by atoms with Crippen LogP contribution in [0.4, 0.5) is 0 Å². The van der Waals surface area contributed by atoms with E-state index in [1.807, 2.05) is 13.8 Å². The molecule has 0 fully saturated rings. The number of carbonyl (C=O) groups is 2. The summed E-state index contributed by atoms with van der Waals surface area (Å²) in [7, 11) is 0. The number of rotatable bonds is 9. The molecule has 3 aromatic rings. The Morgan fingerprint density at radius 3 is 2.55 bits per heavy atom. The van der Waals surface area contributed by atoms with Crippen LogP contribution in [0.2, 0.25) is 10.0 Å². The lowest BCUT2D eigenvalue weighted by molar-refractivity contribution is -0.123. The van der Waals surface area contributed by atoms with E-state index in [4.69, 9.17) is 32.5 Å². The van der Waals surface area contributed by atoms with E-state index in [0.29, 0.717) is 15.8 Å². The van der Waals surface area contributed by atoms with Gasteiger partial charge in [0.05, 0.1) is 11.2 Å². The highest BCUT2D eigenvalue weighted by molar-refractivity contribution is 6.32. The molecular formula is C19H20Cl2N6O4. The molecule has 164 valence electrons. The van der Waals surface area contributed by atoms with Crippen molar-refractivity contribution >= 4 is 35.0 Å². The Hall–Kier alpha value is -3.11. The Kier molecular flexibility index (Phi) is 7.48. The maximum absolute atomic E-state index is 12.1.